The molecule has 0 bridgehead atoms. The molecule has 0 aliphatic heterocycles. The summed E-state index contributed by atoms with van der Waals surface area (Å²) in [5.41, 5.74) is 0.841. The van der Waals surface area contributed by atoms with Crippen LogP contribution in [0, 0.1) is 11.6 Å². The van der Waals surface area contributed by atoms with Gasteiger partial charge in [0.15, 0.2) is 0 Å². The number of anilines is 2. The number of ether oxygens (including phenoxy) is 1. The maximum Gasteiger partial charge on any atom is 0.150 e. The third-order valence-electron chi connectivity index (χ3n) is 3.01. The minimum Gasteiger partial charge on any atom is -0.495 e. The van der Waals surface area contributed by atoms with E-state index in [-0.39, 0.29) is 11.6 Å². The van der Waals surface area contributed by atoms with Gasteiger partial charge < -0.3 is 9.64 Å². The van der Waals surface area contributed by atoms with Gasteiger partial charge in [-0.25, -0.2) is 8.78 Å². The van der Waals surface area contributed by atoms with E-state index in [1.807, 2.05) is 0 Å². The van der Waals surface area contributed by atoms with Crippen molar-refractivity contribution < 1.29 is 13.5 Å². The number of benzene rings is 2. The Hall–Kier alpha value is -1.81. The number of alkyl halides is 1. The largest absolute Gasteiger partial charge is 0.495 e. The number of nitrogens with zero attached hydrogens (tertiary/aromatic N) is 1. The minimum atomic E-state index is -0.658. The van der Waals surface area contributed by atoms with Gasteiger partial charge in [-0.2, -0.15) is 0 Å². The molecule has 2 aromatic rings. The van der Waals surface area contributed by atoms with Gasteiger partial charge in [0.1, 0.15) is 23.1 Å². The van der Waals surface area contributed by atoms with Gasteiger partial charge in [0.2, 0.25) is 0 Å². The summed E-state index contributed by atoms with van der Waals surface area (Å²) in [5, 5.41) is 0. The first-order valence-electron chi connectivity index (χ1n) is 5.99. The lowest BCUT2D eigenvalue weighted by atomic mass is 10.1. The molecular formula is C15H14ClF2NO. The van der Waals surface area contributed by atoms with E-state index in [1.54, 1.807) is 31.3 Å². The van der Waals surface area contributed by atoms with E-state index in [2.05, 4.69) is 0 Å². The van der Waals surface area contributed by atoms with Gasteiger partial charge >= 0.3 is 0 Å². The van der Waals surface area contributed by atoms with E-state index < -0.39 is 11.6 Å². The summed E-state index contributed by atoms with van der Waals surface area (Å²) in [4.78, 5) is 1.42. The molecule has 0 aliphatic carbocycles. The molecule has 0 radical (unpaired) electrons. The van der Waals surface area contributed by atoms with Crippen LogP contribution in [0.1, 0.15) is 5.56 Å². The van der Waals surface area contributed by atoms with Crippen LogP contribution in [-0.2, 0) is 5.88 Å². The second-order valence-electron chi connectivity index (χ2n) is 4.27. The lowest BCUT2D eigenvalue weighted by Crippen LogP contribution is -2.14. The fourth-order valence-electron chi connectivity index (χ4n) is 2.04. The molecule has 0 fully saturated rings. The second kappa shape index (κ2) is 6.09. The summed E-state index contributed by atoms with van der Waals surface area (Å²) in [6, 6.07) is 9.49. The van der Waals surface area contributed by atoms with Crippen LogP contribution >= 0.6 is 11.6 Å². The van der Waals surface area contributed by atoms with Crippen LogP contribution in [0.4, 0.5) is 20.2 Å². The normalized spacial score (nSPS) is 10.4. The summed E-state index contributed by atoms with van der Waals surface area (Å²) in [6.07, 6.45) is 0. The molecule has 0 saturated carbocycles. The lowest BCUT2D eigenvalue weighted by molar-refractivity contribution is 0.415. The topological polar surface area (TPSA) is 12.5 Å². The van der Waals surface area contributed by atoms with Crippen LogP contribution in [0.3, 0.4) is 0 Å². The smallest absolute Gasteiger partial charge is 0.150 e. The fourth-order valence-corrected chi connectivity index (χ4v) is 2.20. The Morgan fingerprint density at radius 2 is 1.75 bits per heavy atom. The summed E-state index contributed by atoms with van der Waals surface area (Å²) in [5.74, 6) is -0.717. The second-order valence-corrected chi connectivity index (χ2v) is 4.54. The highest BCUT2D eigenvalue weighted by molar-refractivity contribution is 6.17. The van der Waals surface area contributed by atoms with Gasteiger partial charge in [-0.15, -0.1) is 11.6 Å². The number of hydrogen-bond donors (Lipinski definition) is 0. The molecule has 0 N–H and O–H groups in total. The van der Waals surface area contributed by atoms with Crippen molar-refractivity contribution >= 4 is 23.0 Å². The molecule has 2 rings (SSSR count). The molecule has 0 aliphatic rings. The zero-order chi connectivity index (χ0) is 14.7. The Labute approximate surface area is 121 Å². The lowest BCUT2D eigenvalue weighted by Gasteiger charge is -2.23. The monoisotopic (exact) mass is 297 g/mol. The average molecular weight is 298 g/mol. The van der Waals surface area contributed by atoms with Crippen molar-refractivity contribution in [1.29, 1.82) is 0 Å². The molecule has 5 heteroatoms. The fraction of sp³-hybridized carbons (Fsp3) is 0.200. The number of halogens is 3. The van der Waals surface area contributed by atoms with Crippen molar-refractivity contribution in [3.63, 3.8) is 0 Å². The molecular weight excluding hydrogens is 284 g/mol. The average Bonchev–Trinajstić information content (AvgIpc) is 2.46. The Kier molecular flexibility index (Phi) is 4.45. The zero-order valence-electron chi connectivity index (χ0n) is 11.2. The summed E-state index contributed by atoms with van der Waals surface area (Å²) in [6.45, 7) is 0. The van der Waals surface area contributed by atoms with E-state index in [1.165, 1.54) is 24.1 Å². The molecule has 0 spiro atoms. The van der Waals surface area contributed by atoms with Crippen LogP contribution in [0.15, 0.2) is 36.4 Å². The minimum absolute atomic E-state index is 0.0620. The van der Waals surface area contributed by atoms with E-state index >= 15 is 0 Å². The Balaban J connectivity index is 2.51. The number of rotatable bonds is 4. The molecule has 2 nitrogen and oxygen atoms in total. The first kappa shape index (κ1) is 14.6. The zero-order valence-corrected chi connectivity index (χ0v) is 11.9. The van der Waals surface area contributed by atoms with Crippen molar-refractivity contribution in [1.82, 2.24) is 0 Å². The third-order valence-corrected chi connectivity index (χ3v) is 3.32. The number of para-hydroxylation sites is 2. The van der Waals surface area contributed by atoms with Gasteiger partial charge in [0.05, 0.1) is 12.8 Å². The summed E-state index contributed by atoms with van der Waals surface area (Å²) < 4.78 is 33.4. The van der Waals surface area contributed by atoms with Crippen molar-refractivity contribution in [2.45, 2.75) is 5.88 Å². The highest BCUT2D eigenvalue weighted by atomic mass is 35.5. The maximum absolute atomic E-state index is 14.1. The van der Waals surface area contributed by atoms with E-state index in [9.17, 15) is 8.78 Å². The van der Waals surface area contributed by atoms with Gasteiger partial charge in [-0.1, -0.05) is 12.1 Å². The van der Waals surface area contributed by atoms with E-state index in [0.29, 0.717) is 17.0 Å². The van der Waals surface area contributed by atoms with Crippen LogP contribution in [0.2, 0.25) is 0 Å². The first-order valence-corrected chi connectivity index (χ1v) is 6.52. The first-order chi connectivity index (χ1) is 9.58. The molecule has 0 heterocycles. The van der Waals surface area contributed by atoms with Crippen molar-refractivity contribution in [2.75, 3.05) is 19.1 Å². The van der Waals surface area contributed by atoms with Gasteiger partial charge in [-0.3, -0.25) is 0 Å². The van der Waals surface area contributed by atoms with Gasteiger partial charge in [0, 0.05) is 12.9 Å². The third kappa shape index (κ3) is 2.70. The van der Waals surface area contributed by atoms with E-state index in [4.69, 9.17) is 16.3 Å². The van der Waals surface area contributed by atoms with Crippen LogP contribution in [0.5, 0.6) is 5.75 Å². The van der Waals surface area contributed by atoms with Crippen LogP contribution < -0.4 is 9.64 Å². The maximum atomic E-state index is 14.1. The molecule has 106 valence electrons. The summed E-state index contributed by atoms with van der Waals surface area (Å²) in [7, 11) is 3.09. The highest BCUT2D eigenvalue weighted by Gasteiger charge is 2.18. The molecule has 0 unspecified atom stereocenters. The molecule has 2 aromatic carbocycles. The van der Waals surface area contributed by atoms with E-state index in [0.717, 1.165) is 0 Å². The quantitative estimate of drug-likeness (QED) is 0.772. The predicted octanol–water partition coefficient (Wildman–Crippen LogP) is 4.48. The molecule has 0 saturated heterocycles. The van der Waals surface area contributed by atoms with Crippen LogP contribution in [0.25, 0.3) is 0 Å². The highest BCUT2D eigenvalue weighted by Crippen LogP contribution is 2.35. The Bertz CT molecular complexity index is 596. The van der Waals surface area contributed by atoms with Crippen molar-refractivity contribution in [3.8, 4) is 5.75 Å². The molecule has 0 aromatic heterocycles. The van der Waals surface area contributed by atoms with Crippen molar-refractivity contribution in [3.05, 3.63) is 53.6 Å². The Morgan fingerprint density at radius 1 is 1.15 bits per heavy atom. The molecule has 0 amide bonds. The standard InChI is InChI=1S/C15H14ClF2NO/c1-19(13-5-3-4-6-14(13)20-2)15-11(17)7-10(9-16)8-12(15)18/h3-8H,9H2,1-2H3. The SMILES string of the molecule is COc1ccccc1N(C)c1c(F)cc(CCl)cc1F. The number of methoxy groups -OCH3 is 1. The summed E-state index contributed by atoms with van der Waals surface area (Å²) >= 11 is 5.60. The van der Waals surface area contributed by atoms with Gasteiger partial charge in [-0.05, 0) is 29.8 Å². The van der Waals surface area contributed by atoms with Gasteiger partial charge in [0.25, 0.3) is 0 Å². The molecule has 20 heavy (non-hydrogen) atoms. The Morgan fingerprint density at radius 3 is 2.30 bits per heavy atom. The predicted molar refractivity (Wildman–Crippen MR) is 77.0 cm³/mol. The van der Waals surface area contributed by atoms with Crippen LogP contribution in [-0.4, -0.2) is 14.2 Å². The number of hydrogen-bond acceptors (Lipinski definition) is 2. The molecule has 0 atom stereocenters. The van der Waals surface area contributed by atoms with Crippen molar-refractivity contribution in [2.24, 2.45) is 0 Å².